The second kappa shape index (κ2) is 7.41. The van der Waals surface area contributed by atoms with Crippen LogP contribution in [0, 0.1) is 11.8 Å². The largest absolute Gasteiger partial charge is 0.491 e. The first-order valence-corrected chi connectivity index (χ1v) is 9.62. The number of carbonyl (C=O) groups excluding carboxylic acids is 2. The van der Waals surface area contributed by atoms with E-state index in [2.05, 4.69) is 10.3 Å². The predicted molar refractivity (Wildman–Crippen MR) is 99.2 cm³/mol. The number of carbonyl (C=O) groups is 2. The first-order chi connectivity index (χ1) is 14.9. The van der Waals surface area contributed by atoms with Crippen LogP contribution in [-0.4, -0.2) is 52.6 Å². The molecular weight excluding hydrogens is 441 g/mol. The fourth-order valence-corrected chi connectivity index (χ4v) is 4.44. The van der Waals surface area contributed by atoms with Gasteiger partial charge in [0.05, 0.1) is 17.3 Å². The molecule has 8 nitrogen and oxygen atoms in total. The summed E-state index contributed by atoms with van der Waals surface area (Å²) in [5.74, 6) is -12.4. The molecule has 172 valence electrons. The van der Waals surface area contributed by atoms with E-state index in [-0.39, 0.29) is 18.0 Å². The fraction of sp³-hybridized carbons (Fsp3) is 0.474. The fourth-order valence-electron chi connectivity index (χ4n) is 4.44. The second-order valence-corrected chi connectivity index (χ2v) is 7.73. The lowest BCUT2D eigenvalue weighted by atomic mass is 9.71. The standard InChI is InChI=1S/C19H18F5N5O3/c1-28-11-4-2-3-5-12(11)32-8-9(17(28)31)13-10(18(20,21)19(22,23)24)6-7-29-15(13)14(16(25)30)26-27-29/h2-5,9-10,13H,6-8H2,1H3,(H2,25,30)/t9-,10?,13?/m1/s1. The molecule has 2 amide bonds. The quantitative estimate of drug-likeness (QED) is 0.710. The maximum absolute atomic E-state index is 14.7. The van der Waals surface area contributed by atoms with Crippen molar-refractivity contribution in [1.82, 2.24) is 15.0 Å². The number of aromatic nitrogens is 3. The molecule has 0 radical (unpaired) electrons. The number of hydrogen-bond donors (Lipinski definition) is 1. The third kappa shape index (κ3) is 3.26. The van der Waals surface area contributed by atoms with Gasteiger partial charge < -0.3 is 15.4 Å². The highest BCUT2D eigenvalue weighted by molar-refractivity contribution is 5.98. The van der Waals surface area contributed by atoms with Gasteiger partial charge in [-0.15, -0.1) is 5.10 Å². The molecule has 4 rings (SSSR count). The lowest BCUT2D eigenvalue weighted by molar-refractivity contribution is -0.308. The number of primary amides is 1. The van der Waals surface area contributed by atoms with Crippen LogP contribution in [-0.2, 0) is 11.3 Å². The molecule has 1 aromatic heterocycles. The molecule has 3 atom stereocenters. The molecule has 0 fully saturated rings. The topological polar surface area (TPSA) is 103 Å². The van der Waals surface area contributed by atoms with Crippen LogP contribution in [0.1, 0.15) is 28.5 Å². The number of para-hydroxylation sites is 2. The number of benzene rings is 1. The number of fused-ring (bicyclic) bond motifs is 2. The summed E-state index contributed by atoms with van der Waals surface area (Å²) in [5, 5.41) is 7.26. The smallest absolute Gasteiger partial charge is 0.453 e. The SMILES string of the molecule is CN1C(=O)[C@@H](C2c3c(C(N)=O)nnn3CCC2C(F)(F)C(F)(F)F)COc2ccccc21. The number of hydrogen-bond acceptors (Lipinski definition) is 5. The van der Waals surface area contributed by atoms with Crippen LogP contribution in [0.15, 0.2) is 24.3 Å². The number of ether oxygens (including phenoxy) is 1. The Morgan fingerprint density at radius 2 is 1.91 bits per heavy atom. The molecule has 2 aliphatic rings. The lowest BCUT2D eigenvalue weighted by Crippen LogP contribution is -2.52. The van der Waals surface area contributed by atoms with E-state index in [9.17, 15) is 31.5 Å². The van der Waals surface area contributed by atoms with E-state index < -0.39 is 60.4 Å². The third-order valence-electron chi connectivity index (χ3n) is 5.98. The van der Waals surface area contributed by atoms with E-state index in [0.717, 1.165) is 9.58 Å². The number of amides is 2. The van der Waals surface area contributed by atoms with Gasteiger partial charge in [0.15, 0.2) is 5.69 Å². The van der Waals surface area contributed by atoms with E-state index >= 15 is 0 Å². The van der Waals surface area contributed by atoms with Crippen LogP contribution in [0.3, 0.4) is 0 Å². The Hall–Kier alpha value is -3.25. The van der Waals surface area contributed by atoms with Crippen molar-refractivity contribution in [2.45, 2.75) is 31.0 Å². The van der Waals surface area contributed by atoms with Crippen molar-refractivity contribution in [1.29, 1.82) is 0 Å². The van der Waals surface area contributed by atoms with Crippen molar-refractivity contribution < 1.29 is 36.3 Å². The number of anilines is 1. The highest BCUT2D eigenvalue weighted by Crippen LogP contribution is 2.53. The zero-order chi connectivity index (χ0) is 23.4. The molecule has 2 N–H and O–H groups in total. The van der Waals surface area contributed by atoms with E-state index in [0.29, 0.717) is 5.69 Å². The van der Waals surface area contributed by atoms with Crippen LogP contribution in [0.5, 0.6) is 5.75 Å². The number of aryl methyl sites for hydroxylation is 1. The summed E-state index contributed by atoms with van der Waals surface area (Å²) in [6.45, 7) is -0.834. The Morgan fingerprint density at radius 3 is 2.56 bits per heavy atom. The van der Waals surface area contributed by atoms with Crippen molar-refractivity contribution >= 4 is 17.5 Å². The van der Waals surface area contributed by atoms with Gasteiger partial charge in [-0.1, -0.05) is 17.3 Å². The van der Waals surface area contributed by atoms with Gasteiger partial charge in [-0.25, -0.2) is 4.68 Å². The molecule has 13 heteroatoms. The summed E-state index contributed by atoms with van der Waals surface area (Å²) in [4.78, 5) is 26.3. The summed E-state index contributed by atoms with van der Waals surface area (Å²) in [7, 11) is 1.37. The summed E-state index contributed by atoms with van der Waals surface area (Å²) >= 11 is 0. The number of nitrogens with zero attached hydrogens (tertiary/aromatic N) is 4. The minimum atomic E-state index is -5.87. The first-order valence-electron chi connectivity index (χ1n) is 9.62. The van der Waals surface area contributed by atoms with Gasteiger partial charge in [0.2, 0.25) is 5.91 Å². The monoisotopic (exact) mass is 459 g/mol. The molecule has 2 aliphatic heterocycles. The third-order valence-corrected chi connectivity index (χ3v) is 5.98. The van der Waals surface area contributed by atoms with E-state index in [1.807, 2.05) is 0 Å². The van der Waals surface area contributed by atoms with Crippen LogP contribution >= 0.6 is 0 Å². The highest BCUT2D eigenvalue weighted by Gasteiger charge is 2.66. The number of nitrogens with two attached hydrogens (primary N) is 1. The van der Waals surface area contributed by atoms with Crippen molar-refractivity contribution in [2.24, 2.45) is 17.6 Å². The molecule has 1 aromatic carbocycles. The van der Waals surface area contributed by atoms with Gasteiger partial charge in [0.1, 0.15) is 12.4 Å². The minimum Gasteiger partial charge on any atom is -0.491 e. The Labute approximate surface area is 178 Å². The summed E-state index contributed by atoms with van der Waals surface area (Å²) in [6.07, 6.45) is -6.52. The molecule has 2 aromatic rings. The molecule has 3 heterocycles. The lowest BCUT2D eigenvalue weighted by Gasteiger charge is -2.40. The van der Waals surface area contributed by atoms with Crippen LogP contribution < -0.4 is 15.4 Å². The summed E-state index contributed by atoms with van der Waals surface area (Å²) in [5.41, 5.74) is 4.75. The summed E-state index contributed by atoms with van der Waals surface area (Å²) < 4.78 is 76.2. The van der Waals surface area contributed by atoms with Gasteiger partial charge in [-0.05, 0) is 18.6 Å². The van der Waals surface area contributed by atoms with Crippen LogP contribution in [0.25, 0.3) is 0 Å². The Morgan fingerprint density at radius 1 is 1.22 bits per heavy atom. The van der Waals surface area contributed by atoms with Crippen LogP contribution in [0.2, 0.25) is 0 Å². The van der Waals surface area contributed by atoms with Crippen molar-refractivity contribution in [3.63, 3.8) is 0 Å². The summed E-state index contributed by atoms with van der Waals surface area (Å²) in [6, 6.07) is 6.35. The molecular formula is C19H18F5N5O3. The Balaban J connectivity index is 1.87. The van der Waals surface area contributed by atoms with Crippen LogP contribution in [0.4, 0.5) is 27.6 Å². The average Bonchev–Trinajstić information content (AvgIpc) is 3.12. The predicted octanol–water partition coefficient (Wildman–Crippen LogP) is 2.35. The molecule has 0 spiro atoms. The normalized spacial score (nSPS) is 23.8. The molecule has 0 saturated heterocycles. The van der Waals surface area contributed by atoms with Crippen molar-refractivity contribution in [3.05, 3.63) is 35.7 Å². The van der Waals surface area contributed by atoms with Gasteiger partial charge >= 0.3 is 12.1 Å². The van der Waals surface area contributed by atoms with Crippen molar-refractivity contribution in [3.8, 4) is 5.75 Å². The maximum Gasteiger partial charge on any atom is 0.453 e. The van der Waals surface area contributed by atoms with Gasteiger partial charge in [-0.3, -0.25) is 9.59 Å². The Bertz CT molecular complexity index is 1070. The number of rotatable bonds is 3. The van der Waals surface area contributed by atoms with Crippen molar-refractivity contribution in [2.75, 3.05) is 18.6 Å². The Kier molecular flexibility index (Phi) is 5.09. The van der Waals surface area contributed by atoms with Gasteiger partial charge in [0, 0.05) is 25.4 Å². The number of alkyl halides is 5. The van der Waals surface area contributed by atoms with E-state index in [1.165, 1.54) is 7.05 Å². The molecule has 0 bridgehead atoms. The first kappa shape index (κ1) is 22.0. The van der Waals surface area contributed by atoms with E-state index in [4.69, 9.17) is 10.5 Å². The second-order valence-electron chi connectivity index (χ2n) is 7.73. The van der Waals surface area contributed by atoms with Gasteiger partial charge in [-0.2, -0.15) is 22.0 Å². The molecule has 32 heavy (non-hydrogen) atoms. The zero-order valence-corrected chi connectivity index (χ0v) is 16.6. The molecule has 0 aliphatic carbocycles. The molecule has 0 saturated carbocycles. The van der Waals surface area contributed by atoms with E-state index in [1.54, 1.807) is 24.3 Å². The highest BCUT2D eigenvalue weighted by atomic mass is 19.4. The molecule has 2 unspecified atom stereocenters. The van der Waals surface area contributed by atoms with Gasteiger partial charge in [0.25, 0.3) is 5.91 Å². The number of halogens is 5. The maximum atomic E-state index is 14.7. The minimum absolute atomic E-state index is 0.266. The average molecular weight is 459 g/mol. The zero-order valence-electron chi connectivity index (χ0n) is 16.6.